The first kappa shape index (κ1) is 41.8. The SMILES string of the molecule is C=C1NC(=O)CCC1N1Cc2c(NC(=O)COCCOCCNC(=O)C3(Cc4cccc(Nc5nccs5)n4)CCC(Oc4cccc(Cl)c4F)CC3)cccc2C1=C. The van der Waals surface area contributed by atoms with Crippen molar-refractivity contribution >= 4 is 63.0 Å². The highest BCUT2D eigenvalue weighted by Gasteiger charge is 2.43. The number of piperidine rings is 1. The van der Waals surface area contributed by atoms with Gasteiger partial charge in [0.2, 0.25) is 17.7 Å². The van der Waals surface area contributed by atoms with Crippen LogP contribution in [0, 0.1) is 11.2 Å². The number of anilines is 3. The number of rotatable bonds is 17. The number of carbonyl (C=O) groups is 3. The third-order valence-electron chi connectivity index (χ3n) is 10.9. The number of carbonyl (C=O) groups excluding carboxylic acids is 3. The molecule has 3 aliphatic rings. The molecular formula is C43H47ClFN7O6S. The second kappa shape index (κ2) is 19.1. The summed E-state index contributed by atoms with van der Waals surface area (Å²) in [6, 6.07) is 16.0. The molecule has 2 aromatic carbocycles. The van der Waals surface area contributed by atoms with Crippen LogP contribution >= 0.6 is 22.9 Å². The third kappa shape index (κ3) is 10.3. The first-order valence-corrected chi connectivity index (χ1v) is 20.9. The number of amides is 3. The maximum absolute atomic E-state index is 14.6. The van der Waals surface area contributed by atoms with Crippen molar-refractivity contribution in [3.05, 3.63) is 113 Å². The van der Waals surface area contributed by atoms with Gasteiger partial charge in [-0.1, -0.05) is 49.0 Å². The van der Waals surface area contributed by atoms with E-state index in [1.807, 2.05) is 41.8 Å². The molecular weight excluding hydrogens is 797 g/mol. The normalized spacial score (nSPS) is 20.2. The van der Waals surface area contributed by atoms with Gasteiger partial charge < -0.3 is 40.4 Å². The minimum atomic E-state index is -0.775. The maximum Gasteiger partial charge on any atom is 0.250 e. The Bertz CT molecular complexity index is 2180. The number of ether oxygens (including phenoxy) is 3. The zero-order valence-electron chi connectivity index (χ0n) is 32.6. The second-order valence-electron chi connectivity index (χ2n) is 14.8. The van der Waals surface area contributed by atoms with Crippen LogP contribution in [0.3, 0.4) is 0 Å². The van der Waals surface area contributed by atoms with E-state index in [9.17, 15) is 18.8 Å². The minimum Gasteiger partial charge on any atom is -0.487 e. The van der Waals surface area contributed by atoms with Crippen LogP contribution in [0.5, 0.6) is 5.75 Å². The summed E-state index contributed by atoms with van der Waals surface area (Å²) in [5.41, 5.74) is 4.03. The van der Waals surface area contributed by atoms with Gasteiger partial charge in [-0.25, -0.2) is 14.4 Å². The van der Waals surface area contributed by atoms with Crippen molar-refractivity contribution in [2.45, 2.75) is 63.6 Å². The van der Waals surface area contributed by atoms with Crippen LogP contribution < -0.4 is 26.0 Å². The standard InChI is InChI=1S/C43H47ClFN7O6S/c1-27-35(12-13-38(53)48-27)52-25-32-31(28(52)2)7-4-9-34(32)50-39(54)26-57-22-21-56-20-18-46-41(55)43(24-29-6-3-11-37(49-29)51-42-47-19-23-59-42)16-14-30(15-17-43)58-36-10-5-8-33(44)40(36)45/h3-11,19,23,30,35H,1-2,12-18,20-22,24-26H2,(H,46,55)(H,48,53)(H,50,54)(H,47,49,51). The molecule has 0 radical (unpaired) electrons. The predicted molar refractivity (Wildman–Crippen MR) is 225 cm³/mol. The van der Waals surface area contributed by atoms with Gasteiger partial charge in [-0.2, -0.15) is 0 Å². The zero-order valence-corrected chi connectivity index (χ0v) is 34.1. The van der Waals surface area contributed by atoms with Gasteiger partial charge in [0.1, 0.15) is 12.4 Å². The minimum absolute atomic E-state index is 0.00388. The van der Waals surface area contributed by atoms with E-state index < -0.39 is 11.2 Å². The molecule has 3 amide bonds. The van der Waals surface area contributed by atoms with E-state index in [2.05, 4.69) is 44.3 Å². The van der Waals surface area contributed by atoms with Gasteiger partial charge in [0.25, 0.3) is 0 Å². The fraction of sp³-hybridized carbons (Fsp3) is 0.372. The van der Waals surface area contributed by atoms with Crippen molar-refractivity contribution < 1.29 is 33.0 Å². The van der Waals surface area contributed by atoms with Crippen LogP contribution in [-0.4, -0.2) is 77.7 Å². The molecule has 4 N–H and O–H groups in total. The molecule has 2 aliphatic heterocycles. The summed E-state index contributed by atoms with van der Waals surface area (Å²) in [6.07, 6.45) is 4.98. The number of hydrogen-bond donors (Lipinski definition) is 4. The number of fused-ring (bicyclic) bond motifs is 1. The van der Waals surface area contributed by atoms with Gasteiger partial charge in [-0.3, -0.25) is 14.4 Å². The Morgan fingerprint density at radius 3 is 2.63 bits per heavy atom. The summed E-state index contributed by atoms with van der Waals surface area (Å²) < 4.78 is 32.0. The van der Waals surface area contributed by atoms with E-state index in [1.54, 1.807) is 18.3 Å². The second-order valence-corrected chi connectivity index (χ2v) is 16.1. The van der Waals surface area contributed by atoms with Crippen LogP contribution in [0.15, 0.2) is 85.0 Å². The summed E-state index contributed by atoms with van der Waals surface area (Å²) in [5, 5.41) is 14.7. The highest BCUT2D eigenvalue weighted by molar-refractivity contribution is 7.13. The van der Waals surface area contributed by atoms with Gasteiger partial charge in [0, 0.05) is 71.4 Å². The lowest BCUT2D eigenvalue weighted by molar-refractivity contribution is -0.134. The van der Waals surface area contributed by atoms with E-state index in [4.69, 9.17) is 30.8 Å². The van der Waals surface area contributed by atoms with Gasteiger partial charge in [0.15, 0.2) is 16.7 Å². The largest absolute Gasteiger partial charge is 0.487 e. The van der Waals surface area contributed by atoms with Crippen LogP contribution in [0.25, 0.3) is 5.70 Å². The summed E-state index contributed by atoms with van der Waals surface area (Å²) >= 11 is 7.45. The summed E-state index contributed by atoms with van der Waals surface area (Å²) in [7, 11) is 0. The molecule has 13 nitrogen and oxygen atoms in total. The van der Waals surface area contributed by atoms with E-state index in [-0.39, 0.29) is 73.6 Å². The van der Waals surface area contributed by atoms with Gasteiger partial charge in [-0.05, 0) is 62.4 Å². The highest BCUT2D eigenvalue weighted by Crippen LogP contribution is 2.42. The first-order valence-electron chi connectivity index (χ1n) is 19.6. The Hall–Kier alpha value is -5.35. The molecule has 16 heteroatoms. The van der Waals surface area contributed by atoms with Crippen LogP contribution in [0.2, 0.25) is 5.02 Å². The number of benzene rings is 2. The quantitative estimate of drug-likeness (QED) is 0.0818. The first-order chi connectivity index (χ1) is 28.6. The molecule has 1 saturated heterocycles. The Kier molecular flexibility index (Phi) is 13.6. The molecule has 1 unspecified atom stereocenters. The molecule has 2 fully saturated rings. The number of thiazole rings is 1. The number of pyridine rings is 1. The van der Waals surface area contributed by atoms with Gasteiger partial charge in [-0.15, -0.1) is 11.3 Å². The smallest absolute Gasteiger partial charge is 0.250 e. The van der Waals surface area contributed by atoms with Crippen molar-refractivity contribution in [1.29, 1.82) is 0 Å². The number of nitrogens with one attached hydrogen (secondary N) is 4. The molecule has 1 aliphatic carbocycles. The third-order valence-corrected chi connectivity index (χ3v) is 11.9. The van der Waals surface area contributed by atoms with Crippen molar-refractivity contribution in [2.24, 2.45) is 5.41 Å². The van der Waals surface area contributed by atoms with Crippen molar-refractivity contribution in [1.82, 2.24) is 25.5 Å². The molecule has 0 spiro atoms. The molecule has 2 aromatic heterocycles. The van der Waals surface area contributed by atoms with Crippen LogP contribution in [0.4, 0.5) is 21.0 Å². The molecule has 1 saturated carbocycles. The topological polar surface area (TPSA) is 156 Å². The number of nitrogens with zero attached hydrogens (tertiary/aromatic N) is 3. The van der Waals surface area contributed by atoms with Crippen LogP contribution in [-0.2, 0) is 36.8 Å². The number of hydrogen-bond acceptors (Lipinski definition) is 11. The van der Waals surface area contributed by atoms with Gasteiger partial charge in [0.05, 0.1) is 42.4 Å². The number of aromatic nitrogens is 2. The van der Waals surface area contributed by atoms with E-state index in [0.29, 0.717) is 68.7 Å². The monoisotopic (exact) mass is 843 g/mol. The van der Waals surface area contributed by atoms with Crippen molar-refractivity contribution in [2.75, 3.05) is 43.6 Å². The van der Waals surface area contributed by atoms with E-state index >= 15 is 0 Å². The van der Waals surface area contributed by atoms with E-state index in [1.165, 1.54) is 17.4 Å². The maximum atomic E-state index is 14.6. The van der Waals surface area contributed by atoms with Crippen molar-refractivity contribution in [3.8, 4) is 5.75 Å². The molecule has 7 rings (SSSR count). The van der Waals surface area contributed by atoms with Crippen LogP contribution in [0.1, 0.15) is 55.3 Å². The molecule has 4 aromatic rings. The highest BCUT2D eigenvalue weighted by atomic mass is 35.5. The molecule has 4 heterocycles. The average molecular weight is 844 g/mol. The fourth-order valence-electron chi connectivity index (χ4n) is 7.86. The lowest BCUT2D eigenvalue weighted by atomic mass is 9.69. The fourth-order valence-corrected chi connectivity index (χ4v) is 8.56. The lowest BCUT2D eigenvalue weighted by Crippen LogP contribution is -2.47. The summed E-state index contributed by atoms with van der Waals surface area (Å²) in [6.45, 7) is 9.63. The molecule has 310 valence electrons. The zero-order chi connectivity index (χ0) is 41.4. The Labute approximate surface area is 351 Å². The summed E-state index contributed by atoms with van der Waals surface area (Å²) in [5.74, 6) is -0.310. The predicted octanol–water partition coefficient (Wildman–Crippen LogP) is 6.99. The Balaban J connectivity index is 0.864. The number of halogens is 2. The Morgan fingerprint density at radius 1 is 1.03 bits per heavy atom. The molecule has 1 atom stereocenters. The summed E-state index contributed by atoms with van der Waals surface area (Å²) in [4.78, 5) is 49.8. The lowest BCUT2D eigenvalue weighted by Gasteiger charge is -2.39. The van der Waals surface area contributed by atoms with Crippen molar-refractivity contribution in [3.63, 3.8) is 0 Å². The van der Waals surface area contributed by atoms with Gasteiger partial charge >= 0.3 is 0 Å². The molecule has 59 heavy (non-hydrogen) atoms. The molecule has 0 bridgehead atoms. The van der Waals surface area contributed by atoms with E-state index in [0.717, 1.165) is 27.6 Å². The average Bonchev–Trinajstić information content (AvgIpc) is 3.86. The Morgan fingerprint density at radius 2 is 1.83 bits per heavy atom.